The molecule has 0 spiro atoms. The molecule has 1 aromatic heterocycles. The molecule has 0 radical (unpaired) electrons. The van der Waals surface area contributed by atoms with Crippen molar-refractivity contribution < 1.29 is 0 Å². The van der Waals surface area contributed by atoms with Crippen molar-refractivity contribution >= 4 is 23.0 Å². The van der Waals surface area contributed by atoms with Crippen LogP contribution in [0.15, 0.2) is 0 Å². The molecule has 1 aromatic rings. The largest absolute Gasteiger partial charge is 0.389 e. The molecular formula is C14H22N4S. The van der Waals surface area contributed by atoms with E-state index < -0.39 is 0 Å². The van der Waals surface area contributed by atoms with E-state index in [1.165, 1.54) is 12.8 Å². The predicted molar refractivity (Wildman–Crippen MR) is 82.6 cm³/mol. The summed E-state index contributed by atoms with van der Waals surface area (Å²) in [5.74, 6) is 1.63. The maximum atomic E-state index is 5.91. The second-order valence-electron chi connectivity index (χ2n) is 5.66. The van der Waals surface area contributed by atoms with Gasteiger partial charge in [-0.05, 0) is 52.0 Å². The van der Waals surface area contributed by atoms with Crippen LogP contribution in [-0.2, 0) is 0 Å². The highest BCUT2D eigenvalue weighted by Crippen LogP contribution is 2.33. The van der Waals surface area contributed by atoms with Gasteiger partial charge in [-0.2, -0.15) is 5.10 Å². The molecule has 19 heavy (non-hydrogen) atoms. The van der Waals surface area contributed by atoms with Crippen LogP contribution in [0, 0.1) is 19.8 Å². The van der Waals surface area contributed by atoms with Crippen molar-refractivity contribution in [2.45, 2.75) is 46.6 Å². The third kappa shape index (κ3) is 3.03. The van der Waals surface area contributed by atoms with Crippen LogP contribution in [0.5, 0.6) is 0 Å². The van der Waals surface area contributed by atoms with Gasteiger partial charge in [0.2, 0.25) is 0 Å². The molecule has 104 valence electrons. The van der Waals surface area contributed by atoms with Gasteiger partial charge in [-0.25, -0.2) is 0 Å². The maximum absolute atomic E-state index is 5.91. The molecule has 0 bridgehead atoms. The molecule has 1 heterocycles. The van der Waals surface area contributed by atoms with E-state index in [2.05, 4.69) is 28.9 Å². The van der Waals surface area contributed by atoms with Gasteiger partial charge in [-0.15, -0.1) is 5.10 Å². The van der Waals surface area contributed by atoms with E-state index >= 15 is 0 Å². The molecule has 2 rings (SSSR count). The number of nitrogens with zero attached hydrogens (tertiary/aromatic N) is 3. The molecule has 2 N–H and O–H groups in total. The topological polar surface area (TPSA) is 55.0 Å². The Morgan fingerprint density at radius 3 is 2.47 bits per heavy atom. The summed E-state index contributed by atoms with van der Waals surface area (Å²) in [6, 6.07) is 0.366. The minimum Gasteiger partial charge on any atom is -0.389 e. The first-order valence-electron chi connectivity index (χ1n) is 6.82. The van der Waals surface area contributed by atoms with Gasteiger partial charge in [0, 0.05) is 12.6 Å². The van der Waals surface area contributed by atoms with Gasteiger partial charge in [-0.3, -0.25) is 0 Å². The van der Waals surface area contributed by atoms with Crippen LogP contribution < -0.4 is 10.6 Å². The van der Waals surface area contributed by atoms with Gasteiger partial charge < -0.3 is 10.6 Å². The summed E-state index contributed by atoms with van der Waals surface area (Å²) >= 11 is 5.22. The number of hydrogen-bond donors (Lipinski definition) is 1. The lowest BCUT2D eigenvalue weighted by Crippen LogP contribution is -2.36. The first-order chi connectivity index (χ1) is 8.91. The average molecular weight is 278 g/mol. The first-order valence-corrected chi connectivity index (χ1v) is 7.23. The van der Waals surface area contributed by atoms with Gasteiger partial charge in [0.25, 0.3) is 0 Å². The van der Waals surface area contributed by atoms with Crippen LogP contribution in [0.4, 0.5) is 5.82 Å². The average Bonchev–Trinajstić information content (AvgIpc) is 3.12. The van der Waals surface area contributed by atoms with E-state index in [-0.39, 0.29) is 0 Å². The second kappa shape index (κ2) is 5.41. The lowest BCUT2D eigenvalue weighted by Gasteiger charge is -2.30. The van der Waals surface area contributed by atoms with Gasteiger partial charge in [-0.1, -0.05) is 12.2 Å². The summed E-state index contributed by atoms with van der Waals surface area (Å²) in [6.07, 6.45) is 2.62. The number of nitrogens with two attached hydrogens (primary N) is 1. The fourth-order valence-electron chi connectivity index (χ4n) is 2.21. The van der Waals surface area contributed by atoms with Gasteiger partial charge in [0.1, 0.15) is 4.99 Å². The van der Waals surface area contributed by atoms with Crippen LogP contribution in [0.2, 0.25) is 0 Å². The van der Waals surface area contributed by atoms with Crippen molar-refractivity contribution in [2.75, 3.05) is 11.4 Å². The Balaban J connectivity index is 2.45. The highest BCUT2D eigenvalue weighted by molar-refractivity contribution is 7.80. The number of aromatic nitrogens is 2. The number of hydrogen-bond acceptors (Lipinski definition) is 4. The van der Waals surface area contributed by atoms with Crippen molar-refractivity contribution in [1.82, 2.24) is 10.2 Å². The van der Waals surface area contributed by atoms with Crippen molar-refractivity contribution in [3.8, 4) is 0 Å². The monoisotopic (exact) mass is 278 g/mol. The van der Waals surface area contributed by atoms with Crippen molar-refractivity contribution in [3.63, 3.8) is 0 Å². The number of anilines is 1. The Morgan fingerprint density at radius 2 is 2.00 bits per heavy atom. The fourth-order valence-corrected chi connectivity index (χ4v) is 2.46. The summed E-state index contributed by atoms with van der Waals surface area (Å²) < 4.78 is 0. The molecule has 0 unspecified atom stereocenters. The molecule has 5 heteroatoms. The highest BCUT2D eigenvalue weighted by Gasteiger charge is 2.28. The Kier molecular flexibility index (Phi) is 4.04. The smallest absolute Gasteiger partial charge is 0.162 e. The van der Waals surface area contributed by atoms with E-state index in [9.17, 15) is 0 Å². The Bertz CT molecular complexity index is 494. The fraction of sp³-hybridized carbons (Fsp3) is 0.643. The molecule has 4 nitrogen and oxygen atoms in total. The molecule has 0 atom stereocenters. The van der Waals surface area contributed by atoms with Gasteiger partial charge in [0.15, 0.2) is 5.82 Å². The van der Waals surface area contributed by atoms with E-state index in [1.807, 2.05) is 13.8 Å². The lowest BCUT2D eigenvalue weighted by molar-refractivity contribution is 0.630. The van der Waals surface area contributed by atoms with E-state index in [0.29, 0.717) is 11.0 Å². The standard InChI is InChI=1S/C14H22N4S/c1-8(2)18(7-11-5-6-11)14-12(13(15)19)9(3)10(4)16-17-14/h8,11H,5-7H2,1-4H3,(H2,15,19). The van der Waals surface area contributed by atoms with E-state index in [4.69, 9.17) is 18.0 Å². The zero-order valence-electron chi connectivity index (χ0n) is 12.1. The molecule has 0 amide bonds. The first kappa shape index (κ1) is 14.2. The lowest BCUT2D eigenvalue weighted by atomic mass is 10.1. The summed E-state index contributed by atoms with van der Waals surface area (Å²) in [4.78, 5) is 2.69. The molecular weight excluding hydrogens is 256 g/mol. The normalized spacial score (nSPS) is 14.8. The van der Waals surface area contributed by atoms with Crippen molar-refractivity contribution in [2.24, 2.45) is 11.7 Å². The zero-order chi connectivity index (χ0) is 14.2. The van der Waals surface area contributed by atoms with Crippen LogP contribution in [0.25, 0.3) is 0 Å². The molecule has 1 aliphatic carbocycles. The predicted octanol–water partition coefficient (Wildman–Crippen LogP) is 2.35. The maximum Gasteiger partial charge on any atom is 0.162 e. The third-order valence-corrected chi connectivity index (χ3v) is 3.93. The third-order valence-electron chi connectivity index (χ3n) is 3.73. The van der Waals surface area contributed by atoms with Crippen molar-refractivity contribution in [3.05, 3.63) is 16.8 Å². The molecule has 0 aromatic carbocycles. The summed E-state index contributed by atoms with van der Waals surface area (Å²) in [7, 11) is 0. The van der Waals surface area contributed by atoms with Crippen LogP contribution in [0.3, 0.4) is 0 Å². The Labute approximate surface area is 120 Å². The van der Waals surface area contributed by atoms with Crippen molar-refractivity contribution in [1.29, 1.82) is 0 Å². The summed E-state index contributed by atoms with van der Waals surface area (Å²) in [6.45, 7) is 9.31. The van der Waals surface area contributed by atoms with E-state index in [0.717, 1.165) is 35.1 Å². The highest BCUT2D eigenvalue weighted by atomic mass is 32.1. The molecule has 1 fully saturated rings. The minimum atomic E-state index is 0.366. The Hall–Kier alpha value is -1.23. The summed E-state index contributed by atoms with van der Waals surface area (Å²) in [5, 5.41) is 8.62. The molecule has 0 saturated heterocycles. The number of thiocarbonyl (C=S) groups is 1. The SMILES string of the molecule is Cc1nnc(N(CC2CC2)C(C)C)c(C(N)=S)c1C. The number of aryl methyl sites for hydroxylation is 1. The quantitative estimate of drug-likeness (QED) is 0.838. The van der Waals surface area contributed by atoms with E-state index in [1.54, 1.807) is 0 Å². The molecule has 1 saturated carbocycles. The zero-order valence-corrected chi connectivity index (χ0v) is 12.9. The van der Waals surface area contributed by atoms with Crippen LogP contribution in [0.1, 0.15) is 43.5 Å². The molecule has 1 aliphatic rings. The summed E-state index contributed by atoms with van der Waals surface area (Å²) in [5.41, 5.74) is 8.72. The van der Waals surface area contributed by atoms with Crippen LogP contribution in [-0.4, -0.2) is 27.8 Å². The Morgan fingerprint density at radius 1 is 1.37 bits per heavy atom. The van der Waals surface area contributed by atoms with Gasteiger partial charge >= 0.3 is 0 Å². The number of rotatable bonds is 5. The minimum absolute atomic E-state index is 0.366. The van der Waals surface area contributed by atoms with Crippen LogP contribution >= 0.6 is 12.2 Å². The molecule has 0 aliphatic heterocycles. The van der Waals surface area contributed by atoms with Gasteiger partial charge in [0.05, 0.1) is 11.3 Å². The second-order valence-corrected chi connectivity index (χ2v) is 6.10.